The zero-order chi connectivity index (χ0) is 15.7. The molecule has 0 fully saturated rings. The van der Waals surface area contributed by atoms with E-state index in [9.17, 15) is 0 Å². The number of hydrogen-bond donors (Lipinski definition) is 1. The van der Waals surface area contributed by atoms with Gasteiger partial charge in [-0.25, -0.2) is 0 Å². The molecular formula is C19H33NO. The van der Waals surface area contributed by atoms with E-state index in [1.807, 2.05) is 6.07 Å². The van der Waals surface area contributed by atoms with Crippen LogP contribution in [0.4, 0.5) is 0 Å². The highest BCUT2D eigenvalue weighted by atomic mass is 16.5. The van der Waals surface area contributed by atoms with Crippen LogP contribution in [0.25, 0.3) is 0 Å². The predicted octanol–water partition coefficient (Wildman–Crippen LogP) is 5.34. The molecule has 0 spiro atoms. The Labute approximate surface area is 131 Å². The van der Waals surface area contributed by atoms with Gasteiger partial charge in [0.15, 0.2) is 0 Å². The number of unbranched alkanes of at least 4 members (excludes halogenated alkanes) is 1. The van der Waals surface area contributed by atoms with Crippen LogP contribution in [0.2, 0.25) is 0 Å². The fourth-order valence-corrected chi connectivity index (χ4v) is 2.81. The maximum Gasteiger partial charge on any atom is 0.120 e. The molecule has 0 aliphatic carbocycles. The van der Waals surface area contributed by atoms with Crippen LogP contribution in [0, 0.1) is 5.92 Å². The Hall–Kier alpha value is -1.02. The van der Waals surface area contributed by atoms with Crippen molar-refractivity contribution < 1.29 is 4.74 Å². The Bertz CT molecular complexity index is 389. The van der Waals surface area contributed by atoms with Gasteiger partial charge in [0.05, 0.1) is 6.10 Å². The van der Waals surface area contributed by atoms with Gasteiger partial charge in [-0.05, 0) is 50.9 Å². The standard InChI is InChI=1S/C19H33NO/c1-6-8-10-16(7-2)13-19(20-5)17-11-9-12-18(14-17)21-15(3)4/h9,11-12,14-16,19-20H,6-8,10,13H2,1-5H3. The van der Waals surface area contributed by atoms with Crippen molar-refractivity contribution in [3.8, 4) is 5.75 Å². The first-order valence-corrected chi connectivity index (χ1v) is 8.54. The summed E-state index contributed by atoms with van der Waals surface area (Å²) in [7, 11) is 2.06. The summed E-state index contributed by atoms with van der Waals surface area (Å²) in [6.07, 6.45) is 6.66. The molecule has 2 heteroatoms. The van der Waals surface area contributed by atoms with Crippen molar-refractivity contribution in [2.45, 2.75) is 71.9 Å². The molecule has 0 bridgehead atoms. The van der Waals surface area contributed by atoms with Gasteiger partial charge in [-0.2, -0.15) is 0 Å². The van der Waals surface area contributed by atoms with Crippen LogP contribution in [0.5, 0.6) is 5.75 Å². The second kappa shape index (κ2) is 9.83. The number of rotatable bonds is 10. The number of nitrogens with one attached hydrogen (secondary N) is 1. The molecule has 0 aliphatic rings. The number of benzene rings is 1. The molecule has 0 aliphatic heterocycles. The third kappa shape index (κ3) is 6.52. The molecule has 2 atom stereocenters. The summed E-state index contributed by atoms with van der Waals surface area (Å²) in [5.74, 6) is 1.78. The molecule has 0 saturated carbocycles. The smallest absolute Gasteiger partial charge is 0.120 e. The molecule has 2 nitrogen and oxygen atoms in total. The second-order valence-corrected chi connectivity index (χ2v) is 6.23. The molecule has 21 heavy (non-hydrogen) atoms. The molecule has 0 heterocycles. The van der Waals surface area contributed by atoms with Gasteiger partial charge in [0.25, 0.3) is 0 Å². The van der Waals surface area contributed by atoms with E-state index in [0.717, 1.165) is 11.7 Å². The molecule has 0 saturated heterocycles. The summed E-state index contributed by atoms with van der Waals surface area (Å²) in [5.41, 5.74) is 1.34. The third-order valence-electron chi connectivity index (χ3n) is 4.09. The Morgan fingerprint density at radius 3 is 2.52 bits per heavy atom. The van der Waals surface area contributed by atoms with Crippen molar-refractivity contribution in [2.24, 2.45) is 5.92 Å². The first-order chi connectivity index (χ1) is 10.1. The lowest BCUT2D eigenvalue weighted by molar-refractivity contribution is 0.242. The predicted molar refractivity (Wildman–Crippen MR) is 91.9 cm³/mol. The van der Waals surface area contributed by atoms with E-state index in [4.69, 9.17) is 4.74 Å². The lowest BCUT2D eigenvalue weighted by atomic mass is 9.89. The van der Waals surface area contributed by atoms with Crippen LogP contribution >= 0.6 is 0 Å². The minimum absolute atomic E-state index is 0.223. The Morgan fingerprint density at radius 1 is 1.19 bits per heavy atom. The van der Waals surface area contributed by atoms with E-state index in [0.29, 0.717) is 6.04 Å². The van der Waals surface area contributed by atoms with E-state index in [1.54, 1.807) is 0 Å². The van der Waals surface area contributed by atoms with E-state index in [2.05, 4.69) is 58.3 Å². The highest BCUT2D eigenvalue weighted by Crippen LogP contribution is 2.28. The molecule has 0 aromatic heterocycles. The molecule has 1 N–H and O–H groups in total. The maximum absolute atomic E-state index is 5.82. The first kappa shape index (κ1) is 18.0. The fraction of sp³-hybridized carbons (Fsp3) is 0.684. The van der Waals surface area contributed by atoms with E-state index < -0.39 is 0 Å². The topological polar surface area (TPSA) is 21.3 Å². The minimum atomic E-state index is 0.223. The first-order valence-electron chi connectivity index (χ1n) is 8.54. The van der Waals surface area contributed by atoms with Crippen LogP contribution in [0.15, 0.2) is 24.3 Å². The molecule has 1 rings (SSSR count). The maximum atomic E-state index is 5.82. The lowest BCUT2D eigenvalue weighted by Gasteiger charge is -2.23. The molecule has 0 radical (unpaired) electrons. The van der Waals surface area contributed by atoms with Gasteiger partial charge in [-0.15, -0.1) is 0 Å². The molecule has 0 amide bonds. The van der Waals surface area contributed by atoms with Crippen molar-refractivity contribution in [1.82, 2.24) is 5.32 Å². The SMILES string of the molecule is CCCCC(CC)CC(NC)c1cccc(OC(C)C)c1. The highest BCUT2D eigenvalue weighted by Gasteiger charge is 2.16. The summed E-state index contributed by atoms with van der Waals surface area (Å²) < 4.78 is 5.82. The Morgan fingerprint density at radius 2 is 1.95 bits per heavy atom. The minimum Gasteiger partial charge on any atom is -0.491 e. The van der Waals surface area contributed by atoms with Crippen LogP contribution in [0.3, 0.4) is 0 Å². The molecular weight excluding hydrogens is 258 g/mol. The molecule has 1 aromatic carbocycles. The van der Waals surface area contributed by atoms with E-state index >= 15 is 0 Å². The second-order valence-electron chi connectivity index (χ2n) is 6.23. The van der Waals surface area contributed by atoms with Gasteiger partial charge in [0.2, 0.25) is 0 Å². The summed E-state index contributed by atoms with van der Waals surface area (Å²) in [6.45, 7) is 8.72. The normalized spacial score (nSPS) is 14.2. The van der Waals surface area contributed by atoms with Crippen LogP contribution in [-0.2, 0) is 0 Å². The van der Waals surface area contributed by atoms with Crippen LogP contribution < -0.4 is 10.1 Å². The summed E-state index contributed by atoms with van der Waals surface area (Å²) >= 11 is 0. The number of ether oxygens (including phenoxy) is 1. The van der Waals surface area contributed by atoms with Crippen molar-refractivity contribution in [2.75, 3.05) is 7.05 Å². The quantitative estimate of drug-likeness (QED) is 0.628. The van der Waals surface area contributed by atoms with Crippen molar-refractivity contribution in [3.05, 3.63) is 29.8 Å². The zero-order valence-electron chi connectivity index (χ0n) is 14.5. The van der Waals surface area contributed by atoms with Crippen LogP contribution in [0.1, 0.15) is 71.4 Å². The van der Waals surface area contributed by atoms with Gasteiger partial charge in [0, 0.05) is 6.04 Å². The van der Waals surface area contributed by atoms with Gasteiger partial charge in [-0.3, -0.25) is 0 Å². The average molecular weight is 291 g/mol. The molecule has 2 unspecified atom stereocenters. The highest BCUT2D eigenvalue weighted by molar-refractivity contribution is 5.30. The molecule has 120 valence electrons. The van der Waals surface area contributed by atoms with Crippen molar-refractivity contribution in [1.29, 1.82) is 0 Å². The van der Waals surface area contributed by atoms with Crippen molar-refractivity contribution in [3.63, 3.8) is 0 Å². The summed E-state index contributed by atoms with van der Waals surface area (Å²) in [5, 5.41) is 3.48. The largest absolute Gasteiger partial charge is 0.491 e. The number of hydrogen-bond acceptors (Lipinski definition) is 2. The van der Waals surface area contributed by atoms with E-state index in [1.165, 1.54) is 37.7 Å². The van der Waals surface area contributed by atoms with Gasteiger partial charge < -0.3 is 10.1 Å². The summed E-state index contributed by atoms with van der Waals surface area (Å²) in [4.78, 5) is 0. The Balaban J connectivity index is 2.74. The van der Waals surface area contributed by atoms with Gasteiger partial charge in [-0.1, -0.05) is 51.7 Å². The fourth-order valence-electron chi connectivity index (χ4n) is 2.81. The van der Waals surface area contributed by atoms with E-state index in [-0.39, 0.29) is 6.10 Å². The van der Waals surface area contributed by atoms with Gasteiger partial charge in [0.1, 0.15) is 5.75 Å². The monoisotopic (exact) mass is 291 g/mol. The van der Waals surface area contributed by atoms with Crippen molar-refractivity contribution >= 4 is 0 Å². The third-order valence-corrected chi connectivity index (χ3v) is 4.09. The average Bonchev–Trinajstić information content (AvgIpc) is 2.47. The molecule has 1 aromatic rings. The van der Waals surface area contributed by atoms with Gasteiger partial charge >= 0.3 is 0 Å². The Kier molecular flexibility index (Phi) is 8.44. The van der Waals surface area contributed by atoms with Crippen LogP contribution in [-0.4, -0.2) is 13.2 Å². The summed E-state index contributed by atoms with van der Waals surface area (Å²) in [6, 6.07) is 8.96. The zero-order valence-corrected chi connectivity index (χ0v) is 14.5. The lowest BCUT2D eigenvalue weighted by Crippen LogP contribution is -2.20.